The summed E-state index contributed by atoms with van der Waals surface area (Å²) in [6.07, 6.45) is 1.75. The Balaban J connectivity index is 1.99. The minimum absolute atomic E-state index is 0.0278. The summed E-state index contributed by atoms with van der Waals surface area (Å²) in [5, 5.41) is 0. The summed E-state index contributed by atoms with van der Waals surface area (Å²) in [7, 11) is 1.66. The Bertz CT molecular complexity index is 613. The topological polar surface area (TPSA) is 71.1 Å². The molecule has 2 unspecified atom stereocenters. The van der Waals surface area contributed by atoms with E-state index in [0.717, 1.165) is 12.8 Å². The molecule has 6 nitrogen and oxygen atoms in total. The van der Waals surface area contributed by atoms with Crippen LogP contribution in [0.15, 0.2) is 12.2 Å². The van der Waals surface area contributed by atoms with Gasteiger partial charge in [0.25, 0.3) is 0 Å². The van der Waals surface area contributed by atoms with Gasteiger partial charge in [0.05, 0.1) is 17.4 Å². The molecular weight excluding hydrogens is 336 g/mol. The number of hydrogen-bond acceptors (Lipinski definition) is 6. The van der Waals surface area contributed by atoms with Gasteiger partial charge in [-0.15, -0.1) is 0 Å². The van der Waals surface area contributed by atoms with E-state index in [0.29, 0.717) is 18.4 Å². The minimum atomic E-state index is -0.702. The fourth-order valence-electron chi connectivity index (χ4n) is 4.58. The van der Waals surface area contributed by atoms with E-state index in [1.807, 2.05) is 6.92 Å². The van der Waals surface area contributed by atoms with Gasteiger partial charge in [0.2, 0.25) is 0 Å². The fourth-order valence-corrected chi connectivity index (χ4v) is 4.58. The van der Waals surface area contributed by atoms with Gasteiger partial charge < -0.3 is 18.9 Å². The number of methoxy groups -OCH3 is 1. The Morgan fingerprint density at radius 1 is 1.35 bits per heavy atom. The molecule has 0 saturated carbocycles. The average molecular weight is 366 g/mol. The third kappa shape index (κ3) is 3.18. The molecule has 3 fully saturated rings. The molecule has 3 aliphatic rings. The molecule has 0 aromatic heterocycles. The van der Waals surface area contributed by atoms with Crippen LogP contribution in [0.5, 0.6) is 0 Å². The van der Waals surface area contributed by atoms with Gasteiger partial charge in [-0.2, -0.15) is 0 Å². The van der Waals surface area contributed by atoms with Gasteiger partial charge in [-0.25, -0.2) is 4.79 Å². The van der Waals surface area contributed by atoms with Crippen molar-refractivity contribution in [3.63, 3.8) is 0 Å². The van der Waals surface area contributed by atoms with Crippen molar-refractivity contribution in [1.29, 1.82) is 0 Å². The van der Waals surface area contributed by atoms with Gasteiger partial charge in [0, 0.05) is 31.4 Å². The zero-order valence-electron chi connectivity index (χ0n) is 16.4. The zero-order valence-corrected chi connectivity index (χ0v) is 16.4. The Hall–Kier alpha value is -1.40. The second-order valence-corrected chi connectivity index (χ2v) is 8.53. The molecule has 6 heteroatoms. The third-order valence-corrected chi connectivity index (χ3v) is 6.20. The minimum Gasteiger partial charge on any atom is -0.461 e. The average Bonchev–Trinajstić information content (AvgIpc) is 3.05. The molecule has 3 heterocycles. The summed E-state index contributed by atoms with van der Waals surface area (Å²) in [6, 6.07) is 0. The number of carbonyl (C=O) groups is 2. The standard InChI is InChI=1S/C20H30O6/c1-11(2)17(21)25-15-10-19(5)7-8-20(23-6,26-19)12(3)9-14-16(15)13(4)18(22)24-14/h11-12,14-16H,4,7-10H2,1-3,5-6H3/t12?,14-,15?,16+,19+,20-/m1/s1. The lowest BCUT2D eigenvalue weighted by Crippen LogP contribution is -2.42. The van der Waals surface area contributed by atoms with Crippen LogP contribution in [-0.4, -0.2) is 42.6 Å². The van der Waals surface area contributed by atoms with Crippen molar-refractivity contribution in [3.8, 4) is 0 Å². The molecule has 6 atom stereocenters. The summed E-state index contributed by atoms with van der Waals surface area (Å²) in [4.78, 5) is 24.5. The quantitative estimate of drug-likeness (QED) is 0.565. The number of ether oxygens (including phenoxy) is 4. The normalized spacial score (nSPS) is 42.7. The predicted octanol–water partition coefficient (Wildman–Crippen LogP) is 2.99. The molecule has 26 heavy (non-hydrogen) atoms. The lowest BCUT2D eigenvalue weighted by Gasteiger charge is -2.36. The molecule has 0 amide bonds. The van der Waals surface area contributed by atoms with Crippen LogP contribution < -0.4 is 0 Å². The van der Waals surface area contributed by atoms with E-state index in [4.69, 9.17) is 18.9 Å². The van der Waals surface area contributed by atoms with Crippen LogP contribution >= 0.6 is 0 Å². The van der Waals surface area contributed by atoms with E-state index in [1.165, 1.54) is 0 Å². The molecule has 0 spiro atoms. The first-order valence-electron chi connectivity index (χ1n) is 9.46. The second kappa shape index (κ2) is 6.64. The molecule has 3 saturated heterocycles. The number of esters is 2. The fraction of sp³-hybridized carbons (Fsp3) is 0.800. The Kier molecular flexibility index (Phi) is 4.95. The van der Waals surface area contributed by atoms with E-state index in [-0.39, 0.29) is 29.8 Å². The number of fused-ring (bicyclic) bond motifs is 3. The first kappa shape index (κ1) is 19.4. The SMILES string of the molecule is C=C1C(=O)O[C@@H]2CC(C)[C@@]3(OC)CC[C@@](C)(CC(OC(=O)C(C)C)[C@@H]12)O3. The molecule has 0 aromatic carbocycles. The highest BCUT2D eigenvalue weighted by molar-refractivity contribution is 5.91. The number of hydrogen-bond donors (Lipinski definition) is 0. The molecular formula is C20H30O6. The summed E-state index contributed by atoms with van der Waals surface area (Å²) >= 11 is 0. The summed E-state index contributed by atoms with van der Waals surface area (Å²) in [5.74, 6) is -1.95. The van der Waals surface area contributed by atoms with Gasteiger partial charge in [-0.3, -0.25) is 4.79 Å². The summed E-state index contributed by atoms with van der Waals surface area (Å²) in [6.45, 7) is 11.6. The maximum atomic E-state index is 12.3. The first-order valence-corrected chi connectivity index (χ1v) is 9.46. The molecule has 0 aliphatic carbocycles. The van der Waals surface area contributed by atoms with E-state index in [1.54, 1.807) is 21.0 Å². The highest BCUT2D eigenvalue weighted by Gasteiger charge is 2.57. The van der Waals surface area contributed by atoms with Gasteiger partial charge in [-0.1, -0.05) is 27.4 Å². The Morgan fingerprint density at radius 3 is 2.65 bits per heavy atom. The smallest absolute Gasteiger partial charge is 0.334 e. The van der Waals surface area contributed by atoms with Crippen LogP contribution in [0.25, 0.3) is 0 Å². The summed E-state index contributed by atoms with van der Waals surface area (Å²) in [5.41, 5.74) is -0.107. The molecule has 3 aliphatic heterocycles. The van der Waals surface area contributed by atoms with E-state index in [2.05, 4.69) is 13.5 Å². The van der Waals surface area contributed by atoms with Gasteiger partial charge >= 0.3 is 11.9 Å². The molecule has 0 aromatic rings. The van der Waals surface area contributed by atoms with Crippen LogP contribution in [0.1, 0.15) is 53.4 Å². The Labute approximate surface area is 155 Å². The van der Waals surface area contributed by atoms with Gasteiger partial charge in [0.1, 0.15) is 12.2 Å². The van der Waals surface area contributed by atoms with Crippen molar-refractivity contribution in [2.75, 3.05) is 7.11 Å². The van der Waals surface area contributed by atoms with Crippen LogP contribution in [0.4, 0.5) is 0 Å². The molecule has 0 radical (unpaired) electrons. The maximum Gasteiger partial charge on any atom is 0.334 e. The molecule has 3 rings (SSSR count). The number of rotatable bonds is 3. The van der Waals surface area contributed by atoms with E-state index >= 15 is 0 Å². The Morgan fingerprint density at radius 2 is 2.04 bits per heavy atom. The van der Waals surface area contributed by atoms with Crippen molar-refractivity contribution in [2.24, 2.45) is 17.8 Å². The van der Waals surface area contributed by atoms with Crippen molar-refractivity contribution < 1.29 is 28.5 Å². The molecule has 146 valence electrons. The highest BCUT2D eigenvalue weighted by Crippen LogP contribution is 2.51. The third-order valence-electron chi connectivity index (χ3n) is 6.20. The molecule has 2 bridgehead atoms. The summed E-state index contributed by atoms with van der Waals surface area (Å²) < 4.78 is 23.7. The van der Waals surface area contributed by atoms with Crippen LogP contribution in [-0.2, 0) is 28.5 Å². The maximum absolute atomic E-state index is 12.3. The lowest BCUT2D eigenvalue weighted by molar-refractivity contribution is -0.265. The van der Waals surface area contributed by atoms with E-state index in [9.17, 15) is 9.59 Å². The van der Waals surface area contributed by atoms with Crippen molar-refractivity contribution in [1.82, 2.24) is 0 Å². The van der Waals surface area contributed by atoms with E-state index < -0.39 is 23.5 Å². The largest absolute Gasteiger partial charge is 0.461 e. The van der Waals surface area contributed by atoms with Crippen molar-refractivity contribution in [3.05, 3.63) is 12.2 Å². The second-order valence-electron chi connectivity index (χ2n) is 8.53. The first-order chi connectivity index (χ1) is 12.1. The lowest BCUT2D eigenvalue weighted by atomic mass is 9.78. The zero-order chi connectivity index (χ0) is 19.3. The van der Waals surface area contributed by atoms with Gasteiger partial charge in [-0.05, 0) is 19.8 Å². The predicted molar refractivity (Wildman–Crippen MR) is 94.1 cm³/mol. The highest BCUT2D eigenvalue weighted by atomic mass is 16.7. The van der Waals surface area contributed by atoms with Crippen molar-refractivity contribution >= 4 is 11.9 Å². The molecule has 0 N–H and O–H groups in total. The van der Waals surface area contributed by atoms with Crippen LogP contribution in [0.3, 0.4) is 0 Å². The monoisotopic (exact) mass is 366 g/mol. The van der Waals surface area contributed by atoms with Crippen molar-refractivity contribution in [2.45, 2.75) is 77.0 Å². The number of carbonyl (C=O) groups excluding carboxylic acids is 2. The van der Waals surface area contributed by atoms with Gasteiger partial charge in [0.15, 0.2) is 5.79 Å². The van der Waals surface area contributed by atoms with Crippen LogP contribution in [0, 0.1) is 17.8 Å². The van der Waals surface area contributed by atoms with Crippen LogP contribution in [0.2, 0.25) is 0 Å².